The first-order valence-corrected chi connectivity index (χ1v) is 9.52. The maximum atomic E-state index is 9.31. The molecule has 2 fully saturated rings. The van der Waals surface area contributed by atoms with Crippen molar-refractivity contribution in [2.45, 2.75) is 31.3 Å². The minimum Gasteiger partial charge on any atom is -0.351 e. The molecule has 1 unspecified atom stereocenters. The third-order valence-electron chi connectivity index (χ3n) is 5.40. The van der Waals surface area contributed by atoms with Crippen molar-refractivity contribution in [3.8, 4) is 24.0 Å². The van der Waals surface area contributed by atoms with Crippen molar-refractivity contribution in [2.75, 3.05) is 24.5 Å². The van der Waals surface area contributed by atoms with Crippen molar-refractivity contribution in [3.05, 3.63) is 53.5 Å². The van der Waals surface area contributed by atoms with Crippen molar-refractivity contribution >= 4 is 5.82 Å². The molecule has 2 saturated heterocycles. The molecule has 0 spiro atoms. The number of anilines is 1. The van der Waals surface area contributed by atoms with Gasteiger partial charge in [-0.05, 0) is 37.5 Å². The Morgan fingerprint density at radius 3 is 2.71 bits per heavy atom. The van der Waals surface area contributed by atoms with Crippen molar-refractivity contribution in [1.29, 1.82) is 10.5 Å². The lowest BCUT2D eigenvalue weighted by molar-refractivity contribution is 0.100. The molecule has 0 radical (unpaired) electrons. The van der Waals surface area contributed by atoms with Crippen molar-refractivity contribution < 1.29 is 0 Å². The first kappa shape index (κ1) is 18.0. The summed E-state index contributed by atoms with van der Waals surface area (Å²) in [5.41, 5.74) is 1.91. The Bertz CT molecular complexity index is 1010. The third-order valence-corrected chi connectivity index (χ3v) is 5.40. The van der Waals surface area contributed by atoms with E-state index < -0.39 is 0 Å². The maximum absolute atomic E-state index is 9.31. The summed E-state index contributed by atoms with van der Waals surface area (Å²) in [7, 11) is 0. The second-order valence-electron chi connectivity index (χ2n) is 7.09. The van der Waals surface area contributed by atoms with Crippen LogP contribution in [0.2, 0.25) is 0 Å². The molecule has 6 heteroatoms. The lowest BCUT2D eigenvalue weighted by Gasteiger charge is -2.47. The molecule has 1 aromatic heterocycles. The Morgan fingerprint density at radius 1 is 1.00 bits per heavy atom. The molecule has 4 rings (SSSR count). The molecule has 2 aliphatic heterocycles. The number of fused-ring (bicyclic) bond motifs is 1. The highest BCUT2D eigenvalue weighted by molar-refractivity contribution is 5.50. The van der Waals surface area contributed by atoms with Crippen LogP contribution in [0, 0.1) is 34.5 Å². The molecule has 0 amide bonds. The first-order chi connectivity index (χ1) is 13.8. The number of nitriles is 2. The van der Waals surface area contributed by atoms with Crippen LogP contribution in [-0.2, 0) is 0 Å². The molecule has 138 valence electrons. The van der Waals surface area contributed by atoms with Gasteiger partial charge in [0.2, 0.25) is 0 Å². The molecule has 3 heterocycles. The van der Waals surface area contributed by atoms with E-state index in [1.165, 1.54) is 0 Å². The van der Waals surface area contributed by atoms with E-state index in [0.29, 0.717) is 23.1 Å². The lowest BCUT2D eigenvalue weighted by Crippen LogP contribution is -2.58. The Morgan fingerprint density at radius 2 is 1.86 bits per heavy atom. The second kappa shape index (κ2) is 8.09. The van der Waals surface area contributed by atoms with E-state index in [1.54, 1.807) is 18.5 Å². The van der Waals surface area contributed by atoms with Gasteiger partial charge in [0.25, 0.3) is 0 Å². The third kappa shape index (κ3) is 3.67. The number of piperidine rings is 1. The van der Waals surface area contributed by atoms with Crippen LogP contribution in [-0.4, -0.2) is 46.6 Å². The highest BCUT2D eigenvalue weighted by Crippen LogP contribution is 2.28. The summed E-state index contributed by atoms with van der Waals surface area (Å²) in [6.45, 7) is 2.55. The molecule has 6 nitrogen and oxygen atoms in total. The molecule has 2 aliphatic rings. The van der Waals surface area contributed by atoms with Crippen LogP contribution in [0.15, 0.2) is 36.7 Å². The first-order valence-electron chi connectivity index (χ1n) is 9.52. The average molecular weight is 368 g/mol. The van der Waals surface area contributed by atoms with Gasteiger partial charge in [-0.25, -0.2) is 9.97 Å². The van der Waals surface area contributed by atoms with Crippen LogP contribution in [0.4, 0.5) is 5.82 Å². The number of hydrogen-bond donors (Lipinski definition) is 0. The van der Waals surface area contributed by atoms with Gasteiger partial charge in [0, 0.05) is 43.6 Å². The van der Waals surface area contributed by atoms with Gasteiger partial charge in [0.1, 0.15) is 6.07 Å². The largest absolute Gasteiger partial charge is 0.351 e. The summed E-state index contributed by atoms with van der Waals surface area (Å²) < 4.78 is 0. The Balaban J connectivity index is 1.50. The van der Waals surface area contributed by atoms with Crippen LogP contribution in [0.25, 0.3) is 0 Å². The zero-order valence-corrected chi connectivity index (χ0v) is 15.5. The van der Waals surface area contributed by atoms with E-state index in [0.717, 1.165) is 44.5 Å². The van der Waals surface area contributed by atoms with E-state index in [4.69, 9.17) is 5.26 Å². The monoisotopic (exact) mass is 368 g/mol. The van der Waals surface area contributed by atoms with Gasteiger partial charge in [-0.1, -0.05) is 17.9 Å². The smallest absolute Gasteiger partial charge is 0.183 e. The molecule has 0 N–H and O–H groups in total. The van der Waals surface area contributed by atoms with Crippen molar-refractivity contribution in [2.24, 2.45) is 0 Å². The number of hydrogen-bond acceptors (Lipinski definition) is 6. The van der Waals surface area contributed by atoms with Gasteiger partial charge in [-0.3, -0.25) is 4.90 Å². The standard InChI is InChI=1S/C22H20N6/c23-14-18-4-1-3-17(13-18)7-8-19-5-2-6-20-16-27(11-12-28(19)20)22-21(15-24)25-9-10-26-22/h1,3-4,9-10,13,19-20H,2,5-6,11-12,16H2/t19?,20-/m0/s1. The average Bonchev–Trinajstić information content (AvgIpc) is 2.77. The number of benzene rings is 1. The summed E-state index contributed by atoms with van der Waals surface area (Å²) >= 11 is 0. The molecule has 1 aromatic carbocycles. The quantitative estimate of drug-likeness (QED) is 0.719. The van der Waals surface area contributed by atoms with Gasteiger partial charge < -0.3 is 4.90 Å². The number of piperazine rings is 1. The fourth-order valence-electron chi connectivity index (χ4n) is 4.07. The van der Waals surface area contributed by atoms with Gasteiger partial charge in [0.05, 0.1) is 17.7 Å². The van der Waals surface area contributed by atoms with Crippen LogP contribution in [0.5, 0.6) is 0 Å². The Hall–Kier alpha value is -3.40. The number of rotatable bonds is 1. The van der Waals surface area contributed by atoms with Crippen molar-refractivity contribution in [1.82, 2.24) is 14.9 Å². The molecule has 0 saturated carbocycles. The molecule has 2 aromatic rings. The fraction of sp³-hybridized carbons (Fsp3) is 0.364. The zero-order valence-electron chi connectivity index (χ0n) is 15.5. The predicted octanol–water partition coefficient (Wildman–Crippen LogP) is 2.31. The summed E-state index contributed by atoms with van der Waals surface area (Å²) in [6, 6.07) is 12.4. The molecular weight excluding hydrogens is 348 g/mol. The molecule has 28 heavy (non-hydrogen) atoms. The Kier molecular flexibility index (Phi) is 5.20. The Labute approximate surface area is 165 Å². The van der Waals surface area contributed by atoms with Crippen LogP contribution < -0.4 is 4.90 Å². The van der Waals surface area contributed by atoms with Crippen LogP contribution >= 0.6 is 0 Å². The summed E-state index contributed by atoms with van der Waals surface area (Å²) in [5.74, 6) is 7.38. The minimum atomic E-state index is 0.226. The van der Waals surface area contributed by atoms with E-state index in [9.17, 15) is 5.26 Å². The van der Waals surface area contributed by atoms with E-state index in [-0.39, 0.29) is 6.04 Å². The van der Waals surface area contributed by atoms with E-state index in [2.05, 4.69) is 43.7 Å². The summed E-state index contributed by atoms with van der Waals surface area (Å²) in [4.78, 5) is 13.2. The number of aromatic nitrogens is 2. The van der Waals surface area contributed by atoms with Gasteiger partial charge >= 0.3 is 0 Å². The molecular formula is C22H20N6. The fourth-order valence-corrected chi connectivity index (χ4v) is 4.07. The maximum Gasteiger partial charge on any atom is 0.183 e. The van der Waals surface area contributed by atoms with E-state index >= 15 is 0 Å². The van der Waals surface area contributed by atoms with Gasteiger partial charge in [0.15, 0.2) is 11.5 Å². The molecule has 0 aliphatic carbocycles. The number of nitrogens with zero attached hydrogens (tertiary/aromatic N) is 6. The van der Waals surface area contributed by atoms with Gasteiger partial charge in [-0.15, -0.1) is 0 Å². The lowest BCUT2D eigenvalue weighted by atomic mass is 9.93. The topological polar surface area (TPSA) is 79.8 Å². The second-order valence-corrected chi connectivity index (χ2v) is 7.09. The van der Waals surface area contributed by atoms with Crippen molar-refractivity contribution in [3.63, 3.8) is 0 Å². The zero-order chi connectivity index (χ0) is 19.3. The minimum absolute atomic E-state index is 0.226. The summed E-state index contributed by atoms with van der Waals surface area (Å²) in [6.07, 6.45) is 6.54. The normalized spacial score (nSPS) is 21.6. The SMILES string of the molecule is N#Cc1cccc(C#CC2CCC[C@H]3CN(c4nccnc4C#N)CCN23)c1. The van der Waals surface area contributed by atoms with Gasteiger partial charge in [-0.2, -0.15) is 10.5 Å². The highest BCUT2D eigenvalue weighted by Gasteiger charge is 2.35. The highest BCUT2D eigenvalue weighted by atomic mass is 15.3. The molecule has 2 atom stereocenters. The predicted molar refractivity (Wildman–Crippen MR) is 105 cm³/mol. The van der Waals surface area contributed by atoms with Crippen LogP contribution in [0.3, 0.4) is 0 Å². The van der Waals surface area contributed by atoms with E-state index in [1.807, 2.05) is 18.2 Å². The summed E-state index contributed by atoms with van der Waals surface area (Å²) in [5, 5.41) is 18.4. The van der Waals surface area contributed by atoms with Crippen LogP contribution in [0.1, 0.15) is 36.1 Å². The molecule has 0 bridgehead atoms.